The van der Waals surface area contributed by atoms with E-state index in [2.05, 4.69) is 25.4 Å². The Morgan fingerprint density at radius 2 is 2.29 bits per heavy atom. The standard InChI is InChI=1S/C16H20N6O2/c1-3-12(23)7-18-16(24)10(2)22-8-11(6-21-22)14-13-4-5-17-15(13)20-9-19-14/h4-6,8-10,12,23H,3,7H2,1-2H3,(H,18,24)(H,17,19,20). The Hall–Kier alpha value is -2.74. The monoisotopic (exact) mass is 328 g/mol. The molecule has 0 radical (unpaired) electrons. The van der Waals surface area contributed by atoms with E-state index in [9.17, 15) is 9.90 Å². The molecule has 126 valence electrons. The molecule has 3 rings (SSSR count). The molecule has 0 fully saturated rings. The second kappa shape index (κ2) is 6.79. The van der Waals surface area contributed by atoms with Gasteiger partial charge in [0.1, 0.15) is 18.0 Å². The fraction of sp³-hybridized carbons (Fsp3) is 0.375. The van der Waals surface area contributed by atoms with Gasteiger partial charge >= 0.3 is 0 Å². The van der Waals surface area contributed by atoms with Gasteiger partial charge in [-0.25, -0.2) is 9.97 Å². The molecule has 3 aromatic heterocycles. The zero-order valence-corrected chi connectivity index (χ0v) is 13.6. The zero-order valence-electron chi connectivity index (χ0n) is 13.6. The molecule has 2 atom stereocenters. The van der Waals surface area contributed by atoms with Crippen molar-refractivity contribution in [2.45, 2.75) is 32.4 Å². The van der Waals surface area contributed by atoms with Crippen LogP contribution in [0.1, 0.15) is 26.3 Å². The summed E-state index contributed by atoms with van der Waals surface area (Å²) < 4.78 is 1.59. The second-order valence-electron chi connectivity index (χ2n) is 5.65. The number of aromatic amines is 1. The first kappa shape index (κ1) is 16.1. The third-order valence-electron chi connectivity index (χ3n) is 3.99. The molecule has 0 aliphatic rings. The predicted octanol–water partition coefficient (Wildman–Crippen LogP) is 1.27. The quantitative estimate of drug-likeness (QED) is 0.631. The minimum atomic E-state index is -0.530. The number of nitrogens with one attached hydrogen (secondary N) is 2. The number of amides is 1. The summed E-state index contributed by atoms with van der Waals surface area (Å²) in [7, 11) is 0. The maximum Gasteiger partial charge on any atom is 0.244 e. The number of H-pyrrole nitrogens is 1. The molecular formula is C16H20N6O2. The molecule has 0 aliphatic carbocycles. The van der Waals surface area contributed by atoms with Gasteiger partial charge < -0.3 is 15.4 Å². The molecule has 0 aliphatic heterocycles. The highest BCUT2D eigenvalue weighted by Crippen LogP contribution is 2.24. The van der Waals surface area contributed by atoms with E-state index in [4.69, 9.17) is 0 Å². The Labute approximate surface area is 138 Å². The lowest BCUT2D eigenvalue weighted by molar-refractivity contribution is -0.124. The van der Waals surface area contributed by atoms with Crippen LogP contribution >= 0.6 is 0 Å². The third-order valence-corrected chi connectivity index (χ3v) is 3.99. The van der Waals surface area contributed by atoms with Crippen LogP contribution < -0.4 is 5.32 Å². The van der Waals surface area contributed by atoms with Crippen molar-refractivity contribution in [2.75, 3.05) is 6.54 Å². The number of carbonyl (C=O) groups is 1. The Bertz CT molecular complexity index is 840. The maximum absolute atomic E-state index is 12.2. The normalized spacial score (nSPS) is 13.8. The number of rotatable bonds is 6. The lowest BCUT2D eigenvalue weighted by Gasteiger charge is -2.14. The van der Waals surface area contributed by atoms with Crippen molar-refractivity contribution in [2.24, 2.45) is 0 Å². The van der Waals surface area contributed by atoms with Crippen LogP contribution in [0.4, 0.5) is 0 Å². The van der Waals surface area contributed by atoms with Crippen molar-refractivity contribution >= 4 is 16.9 Å². The Kier molecular flexibility index (Phi) is 4.57. The summed E-state index contributed by atoms with van der Waals surface area (Å²) in [4.78, 5) is 23.7. The summed E-state index contributed by atoms with van der Waals surface area (Å²) in [6.45, 7) is 3.86. The Balaban J connectivity index is 1.78. The van der Waals surface area contributed by atoms with Crippen molar-refractivity contribution in [3.05, 3.63) is 31.0 Å². The van der Waals surface area contributed by atoms with Gasteiger partial charge in [0.15, 0.2) is 0 Å². The van der Waals surface area contributed by atoms with Crippen molar-refractivity contribution in [1.29, 1.82) is 0 Å². The lowest BCUT2D eigenvalue weighted by atomic mass is 10.2. The molecule has 0 saturated carbocycles. The number of nitrogens with zero attached hydrogens (tertiary/aromatic N) is 4. The molecule has 2 unspecified atom stereocenters. The summed E-state index contributed by atoms with van der Waals surface area (Å²) in [5.41, 5.74) is 2.34. The summed E-state index contributed by atoms with van der Waals surface area (Å²) >= 11 is 0. The van der Waals surface area contributed by atoms with Crippen LogP contribution in [0.2, 0.25) is 0 Å². The molecule has 0 bridgehead atoms. The van der Waals surface area contributed by atoms with E-state index < -0.39 is 12.1 Å². The van der Waals surface area contributed by atoms with Crippen LogP contribution in [0.3, 0.4) is 0 Å². The smallest absolute Gasteiger partial charge is 0.244 e. The zero-order chi connectivity index (χ0) is 17.1. The van der Waals surface area contributed by atoms with E-state index in [1.165, 1.54) is 6.33 Å². The lowest BCUT2D eigenvalue weighted by Crippen LogP contribution is -2.36. The first-order chi connectivity index (χ1) is 11.6. The number of hydrogen-bond acceptors (Lipinski definition) is 5. The fourth-order valence-corrected chi connectivity index (χ4v) is 2.41. The number of aromatic nitrogens is 5. The number of aliphatic hydroxyl groups is 1. The average molecular weight is 328 g/mol. The fourth-order valence-electron chi connectivity index (χ4n) is 2.41. The van der Waals surface area contributed by atoms with Crippen LogP contribution in [-0.2, 0) is 4.79 Å². The number of hydrogen-bond donors (Lipinski definition) is 3. The van der Waals surface area contributed by atoms with Gasteiger partial charge in [-0.3, -0.25) is 9.48 Å². The van der Waals surface area contributed by atoms with Gasteiger partial charge in [-0.1, -0.05) is 6.92 Å². The summed E-state index contributed by atoms with van der Waals surface area (Å²) in [5.74, 6) is -0.188. The van der Waals surface area contributed by atoms with Crippen LogP contribution in [0.25, 0.3) is 22.3 Å². The van der Waals surface area contributed by atoms with Gasteiger partial charge in [0.25, 0.3) is 0 Å². The molecule has 0 saturated heterocycles. The van der Waals surface area contributed by atoms with E-state index >= 15 is 0 Å². The van der Waals surface area contributed by atoms with Crippen molar-refractivity contribution < 1.29 is 9.90 Å². The van der Waals surface area contributed by atoms with Crippen LogP contribution in [0.5, 0.6) is 0 Å². The molecular weight excluding hydrogens is 308 g/mol. The highest BCUT2D eigenvalue weighted by molar-refractivity contribution is 5.90. The van der Waals surface area contributed by atoms with E-state index in [1.54, 1.807) is 24.0 Å². The maximum atomic E-state index is 12.2. The van der Waals surface area contributed by atoms with E-state index in [1.807, 2.05) is 19.2 Å². The van der Waals surface area contributed by atoms with Crippen LogP contribution in [-0.4, -0.2) is 48.4 Å². The number of carbonyl (C=O) groups excluding carboxylic acids is 1. The Morgan fingerprint density at radius 3 is 3.08 bits per heavy atom. The topological polar surface area (TPSA) is 109 Å². The number of fused-ring (bicyclic) bond motifs is 1. The molecule has 3 aromatic rings. The summed E-state index contributed by atoms with van der Waals surface area (Å²) in [5, 5.41) is 17.4. The predicted molar refractivity (Wildman–Crippen MR) is 89.1 cm³/mol. The van der Waals surface area contributed by atoms with Gasteiger partial charge in [-0.05, 0) is 19.4 Å². The first-order valence-electron chi connectivity index (χ1n) is 7.88. The minimum Gasteiger partial charge on any atom is -0.391 e. The van der Waals surface area contributed by atoms with Gasteiger partial charge in [-0.2, -0.15) is 5.10 Å². The molecule has 3 heterocycles. The highest BCUT2D eigenvalue weighted by atomic mass is 16.3. The Morgan fingerprint density at radius 1 is 1.46 bits per heavy atom. The van der Waals surface area contributed by atoms with E-state index in [0.717, 1.165) is 22.3 Å². The molecule has 8 heteroatoms. The van der Waals surface area contributed by atoms with Crippen LogP contribution in [0.15, 0.2) is 31.0 Å². The first-order valence-corrected chi connectivity index (χ1v) is 7.88. The van der Waals surface area contributed by atoms with Crippen molar-refractivity contribution in [3.63, 3.8) is 0 Å². The molecule has 0 spiro atoms. The largest absolute Gasteiger partial charge is 0.391 e. The second-order valence-corrected chi connectivity index (χ2v) is 5.65. The average Bonchev–Trinajstić information content (AvgIpc) is 3.27. The van der Waals surface area contributed by atoms with E-state index in [-0.39, 0.29) is 12.5 Å². The minimum absolute atomic E-state index is 0.188. The molecule has 8 nitrogen and oxygen atoms in total. The van der Waals surface area contributed by atoms with Gasteiger partial charge in [0, 0.05) is 29.9 Å². The summed E-state index contributed by atoms with van der Waals surface area (Å²) in [6.07, 6.45) is 6.84. The van der Waals surface area contributed by atoms with Crippen LogP contribution in [0, 0.1) is 0 Å². The van der Waals surface area contributed by atoms with Crippen molar-refractivity contribution in [1.82, 2.24) is 30.0 Å². The third kappa shape index (κ3) is 3.13. The SMILES string of the molecule is CCC(O)CNC(=O)C(C)n1cc(-c2ncnc3[nH]ccc23)cn1. The van der Waals surface area contributed by atoms with Gasteiger partial charge in [0.2, 0.25) is 5.91 Å². The summed E-state index contributed by atoms with van der Waals surface area (Å²) in [6, 6.07) is 1.43. The number of aliphatic hydroxyl groups excluding tert-OH is 1. The highest BCUT2D eigenvalue weighted by Gasteiger charge is 2.18. The molecule has 24 heavy (non-hydrogen) atoms. The van der Waals surface area contributed by atoms with Gasteiger partial charge in [0.05, 0.1) is 18.0 Å². The molecule has 1 amide bonds. The molecule has 3 N–H and O–H groups in total. The van der Waals surface area contributed by atoms with Crippen molar-refractivity contribution in [3.8, 4) is 11.3 Å². The van der Waals surface area contributed by atoms with E-state index in [0.29, 0.717) is 6.42 Å². The molecule has 0 aromatic carbocycles. The van der Waals surface area contributed by atoms with Gasteiger partial charge in [-0.15, -0.1) is 0 Å².